The molecule has 1 N–H and O–H groups in total. The monoisotopic (exact) mass is 285 g/mol. The molecular formula is C17H23N3O. The molecule has 0 spiro atoms. The first-order valence-electron chi connectivity index (χ1n) is 7.64. The van der Waals surface area contributed by atoms with Gasteiger partial charge in [0, 0.05) is 17.9 Å². The van der Waals surface area contributed by atoms with Crippen LogP contribution in [0, 0.1) is 13.8 Å². The summed E-state index contributed by atoms with van der Waals surface area (Å²) in [6.45, 7) is 4.14. The van der Waals surface area contributed by atoms with Crippen LogP contribution < -0.4 is 10.1 Å². The molecule has 0 bridgehead atoms. The Morgan fingerprint density at radius 2 is 2.00 bits per heavy atom. The van der Waals surface area contributed by atoms with Crippen LogP contribution in [0.4, 0.5) is 11.6 Å². The molecule has 1 aromatic carbocycles. The van der Waals surface area contributed by atoms with Gasteiger partial charge >= 0.3 is 0 Å². The lowest BCUT2D eigenvalue weighted by Crippen LogP contribution is -2.08. The molecule has 2 aromatic rings. The number of aromatic nitrogens is 2. The Labute approximate surface area is 126 Å². The molecule has 0 unspecified atom stereocenters. The molecular weight excluding hydrogens is 262 g/mol. The molecule has 0 amide bonds. The maximum absolute atomic E-state index is 5.26. The highest BCUT2D eigenvalue weighted by atomic mass is 16.5. The topological polar surface area (TPSA) is 39.1 Å². The van der Waals surface area contributed by atoms with Crippen molar-refractivity contribution in [1.82, 2.24) is 9.55 Å². The van der Waals surface area contributed by atoms with Crippen molar-refractivity contribution in [2.24, 2.45) is 0 Å². The van der Waals surface area contributed by atoms with Gasteiger partial charge in [0.1, 0.15) is 5.75 Å². The van der Waals surface area contributed by atoms with Crippen LogP contribution in [0.1, 0.15) is 43.0 Å². The summed E-state index contributed by atoms with van der Waals surface area (Å²) in [5, 5.41) is 3.49. The summed E-state index contributed by atoms with van der Waals surface area (Å²) in [4.78, 5) is 4.65. The zero-order valence-electron chi connectivity index (χ0n) is 13.0. The molecule has 0 radical (unpaired) electrons. The summed E-state index contributed by atoms with van der Waals surface area (Å²) in [7, 11) is 1.69. The number of hydrogen-bond donors (Lipinski definition) is 1. The molecule has 1 saturated carbocycles. The van der Waals surface area contributed by atoms with Gasteiger partial charge in [-0.1, -0.05) is 12.8 Å². The van der Waals surface area contributed by atoms with Crippen molar-refractivity contribution in [1.29, 1.82) is 0 Å². The molecule has 112 valence electrons. The second kappa shape index (κ2) is 5.80. The number of hydrogen-bond acceptors (Lipinski definition) is 3. The number of imidazole rings is 1. The lowest BCUT2D eigenvalue weighted by atomic mass is 10.2. The molecule has 1 aliphatic carbocycles. The van der Waals surface area contributed by atoms with Crippen LogP contribution in [0.5, 0.6) is 5.75 Å². The van der Waals surface area contributed by atoms with E-state index in [1.165, 1.54) is 25.7 Å². The van der Waals surface area contributed by atoms with E-state index < -0.39 is 0 Å². The third kappa shape index (κ3) is 2.89. The van der Waals surface area contributed by atoms with Gasteiger partial charge in [-0.3, -0.25) is 0 Å². The van der Waals surface area contributed by atoms with Crippen molar-refractivity contribution in [2.75, 3.05) is 12.4 Å². The van der Waals surface area contributed by atoms with Crippen LogP contribution in [0.3, 0.4) is 0 Å². The van der Waals surface area contributed by atoms with E-state index in [2.05, 4.69) is 41.0 Å². The van der Waals surface area contributed by atoms with Gasteiger partial charge in [-0.15, -0.1) is 0 Å². The minimum atomic E-state index is 0.590. The second-order valence-corrected chi connectivity index (χ2v) is 5.86. The fourth-order valence-electron chi connectivity index (χ4n) is 3.09. The van der Waals surface area contributed by atoms with Crippen molar-refractivity contribution in [3.05, 3.63) is 35.7 Å². The van der Waals surface area contributed by atoms with Crippen molar-refractivity contribution < 1.29 is 4.74 Å². The first-order chi connectivity index (χ1) is 10.2. The van der Waals surface area contributed by atoms with Gasteiger partial charge in [0.2, 0.25) is 5.95 Å². The van der Waals surface area contributed by atoms with Crippen molar-refractivity contribution in [3.8, 4) is 5.75 Å². The first-order valence-corrected chi connectivity index (χ1v) is 7.64. The quantitative estimate of drug-likeness (QED) is 0.906. The minimum absolute atomic E-state index is 0.590. The highest BCUT2D eigenvalue weighted by molar-refractivity contribution is 5.60. The fourth-order valence-corrected chi connectivity index (χ4v) is 3.09. The van der Waals surface area contributed by atoms with E-state index in [-0.39, 0.29) is 0 Å². The van der Waals surface area contributed by atoms with E-state index in [1.807, 2.05) is 12.1 Å². The Bertz CT molecular complexity index is 627. The average molecular weight is 285 g/mol. The zero-order valence-corrected chi connectivity index (χ0v) is 13.0. The zero-order chi connectivity index (χ0) is 14.8. The number of anilines is 2. The van der Waals surface area contributed by atoms with E-state index in [4.69, 9.17) is 4.74 Å². The summed E-state index contributed by atoms with van der Waals surface area (Å²) >= 11 is 0. The Morgan fingerprint density at radius 3 is 2.67 bits per heavy atom. The summed E-state index contributed by atoms with van der Waals surface area (Å²) < 4.78 is 7.57. The minimum Gasteiger partial charge on any atom is -0.497 e. The lowest BCUT2D eigenvalue weighted by Gasteiger charge is -2.16. The second-order valence-electron chi connectivity index (χ2n) is 5.86. The van der Waals surface area contributed by atoms with Crippen LogP contribution in [-0.4, -0.2) is 16.7 Å². The number of rotatable bonds is 4. The number of methoxy groups -OCH3 is 1. The molecule has 4 nitrogen and oxygen atoms in total. The van der Waals surface area contributed by atoms with Gasteiger partial charge in [-0.05, 0) is 50.5 Å². The third-order valence-electron chi connectivity index (χ3n) is 4.25. The average Bonchev–Trinajstić information content (AvgIpc) is 3.10. The maximum Gasteiger partial charge on any atom is 0.207 e. The molecule has 0 aliphatic heterocycles. The molecule has 1 aromatic heterocycles. The molecule has 1 fully saturated rings. The van der Waals surface area contributed by atoms with Crippen LogP contribution in [0.25, 0.3) is 0 Å². The van der Waals surface area contributed by atoms with Crippen LogP contribution in [-0.2, 0) is 0 Å². The summed E-state index contributed by atoms with van der Waals surface area (Å²) in [6.07, 6.45) is 7.32. The van der Waals surface area contributed by atoms with E-state index in [0.717, 1.165) is 28.6 Å². The normalized spacial score (nSPS) is 15.4. The lowest BCUT2D eigenvalue weighted by molar-refractivity contribution is 0.414. The highest BCUT2D eigenvalue weighted by Crippen LogP contribution is 2.33. The summed E-state index contributed by atoms with van der Waals surface area (Å²) in [5.41, 5.74) is 3.31. The van der Waals surface area contributed by atoms with Gasteiger partial charge in [0.15, 0.2) is 0 Å². The maximum atomic E-state index is 5.26. The van der Waals surface area contributed by atoms with Gasteiger partial charge in [0.05, 0.1) is 12.8 Å². The number of benzene rings is 1. The molecule has 0 atom stereocenters. The van der Waals surface area contributed by atoms with E-state index in [1.54, 1.807) is 7.11 Å². The third-order valence-corrected chi connectivity index (χ3v) is 4.25. The van der Waals surface area contributed by atoms with Gasteiger partial charge in [-0.2, -0.15) is 0 Å². The Balaban J connectivity index is 1.87. The SMILES string of the molecule is COc1ccc(Nc2nc(C)cn2C2CCCC2)c(C)c1. The van der Waals surface area contributed by atoms with Crippen molar-refractivity contribution in [2.45, 2.75) is 45.6 Å². The van der Waals surface area contributed by atoms with Crippen LogP contribution in [0.15, 0.2) is 24.4 Å². The molecule has 0 saturated heterocycles. The standard InChI is InChI=1S/C17H23N3O/c1-12-10-15(21-3)8-9-16(12)19-17-18-13(2)11-20(17)14-6-4-5-7-14/h8-11,14H,4-7H2,1-3H3,(H,18,19). The highest BCUT2D eigenvalue weighted by Gasteiger charge is 2.20. The smallest absolute Gasteiger partial charge is 0.207 e. The number of nitrogens with one attached hydrogen (secondary N) is 1. The van der Waals surface area contributed by atoms with E-state index in [0.29, 0.717) is 6.04 Å². The van der Waals surface area contributed by atoms with Gasteiger partial charge in [0.25, 0.3) is 0 Å². The van der Waals surface area contributed by atoms with Gasteiger partial charge in [-0.25, -0.2) is 4.98 Å². The van der Waals surface area contributed by atoms with Crippen molar-refractivity contribution in [3.63, 3.8) is 0 Å². The van der Waals surface area contributed by atoms with Gasteiger partial charge < -0.3 is 14.6 Å². The molecule has 3 rings (SSSR count). The first kappa shape index (κ1) is 14.0. The summed E-state index contributed by atoms with van der Waals surface area (Å²) in [6, 6.07) is 6.66. The largest absolute Gasteiger partial charge is 0.497 e. The van der Waals surface area contributed by atoms with Crippen LogP contribution in [0.2, 0.25) is 0 Å². The molecule has 1 heterocycles. The number of nitrogens with zero attached hydrogens (tertiary/aromatic N) is 2. The predicted molar refractivity (Wildman–Crippen MR) is 85.5 cm³/mol. The number of aryl methyl sites for hydroxylation is 2. The molecule has 21 heavy (non-hydrogen) atoms. The Hall–Kier alpha value is -1.97. The summed E-state index contributed by atoms with van der Waals surface area (Å²) in [5.74, 6) is 1.83. The van der Waals surface area contributed by atoms with Crippen LogP contribution >= 0.6 is 0 Å². The molecule has 1 aliphatic rings. The van der Waals surface area contributed by atoms with Crippen molar-refractivity contribution >= 4 is 11.6 Å². The fraction of sp³-hybridized carbons (Fsp3) is 0.471. The molecule has 4 heteroatoms. The van der Waals surface area contributed by atoms with E-state index >= 15 is 0 Å². The predicted octanol–water partition coefficient (Wildman–Crippen LogP) is 4.37. The Kier molecular flexibility index (Phi) is 3.86. The Morgan fingerprint density at radius 1 is 1.24 bits per heavy atom. The van der Waals surface area contributed by atoms with E-state index in [9.17, 15) is 0 Å². The number of ether oxygens (including phenoxy) is 1.